The molecule has 0 spiro atoms. The summed E-state index contributed by atoms with van der Waals surface area (Å²) in [4.78, 5) is 17.1. The minimum atomic E-state index is 0.501. The van der Waals surface area contributed by atoms with Crippen molar-refractivity contribution in [2.75, 3.05) is 13.1 Å². The molecule has 148 valence electrons. The summed E-state index contributed by atoms with van der Waals surface area (Å²) in [5.41, 5.74) is 7.82. The minimum absolute atomic E-state index is 0.501. The van der Waals surface area contributed by atoms with Crippen LogP contribution >= 0.6 is 0 Å². The maximum atomic E-state index is 5.02. The zero-order valence-corrected chi connectivity index (χ0v) is 16.4. The van der Waals surface area contributed by atoms with Crippen LogP contribution in [-0.4, -0.2) is 43.2 Å². The molecule has 1 saturated heterocycles. The molecule has 7 nitrogen and oxygen atoms in total. The van der Waals surface area contributed by atoms with Crippen LogP contribution in [0.25, 0.3) is 44.6 Å². The lowest BCUT2D eigenvalue weighted by atomic mass is 9.94. The summed E-state index contributed by atoms with van der Waals surface area (Å²) in [5.74, 6) is 0.501. The number of nitrogens with one attached hydrogen (secondary N) is 3. The van der Waals surface area contributed by atoms with E-state index in [1.807, 2.05) is 36.8 Å². The average molecular weight is 395 g/mol. The van der Waals surface area contributed by atoms with Crippen LogP contribution in [0, 0.1) is 0 Å². The van der Waals surface area contributed by atoms with Crippen LogP contribution in [0.4, 0.5) is 0 Å². The Labute approximate surface area is 173 Å². The van der Waals surface area contributed by atoms with Crippen LogP contribution in [0.2, 0.25) is 0 Å². The van der Waals surface area contributed by atoms with E-state index in [9.17, 15) is 0 Å². The molecule has 0 aliphatic carbocycles. The highest BCUT2D eigenvalue weighted by Gasteiger charge is 2.19. The molecule has 0 saturated carbocycles. The summed E-state index contributed by atoms with van der Waals surface area (Å²) in [6, 6.07) is 12.4. The summed E-state index contributed by atoms with van der Waals surface area (Å²) in [6.45, 7) is 2.10. The van der Waals surface area contributed by atoms with Crippen molar-refractivity contribution < 1.29 is 0 Å². The first-order chi connectivity index (χ1) is 14.9. The van der Waals surface area contributed by atoms with E-state index in [-0.39, 0.29) is 0 Å². The van der Waals surface area contributed by atoms with Crippen molar-refractivity contribution in [3.63, 3.8) is 0 Å². The summed E-state index contributed by atoms with van der Waals surface area (Å²) in [5, 5.41) is 12.2. The van der Waals surface area contributed by atoms with E-state index in [1.165, 1.54) is 0 Å². The van der Waals surface area contributed by atoms with Crippen molar-refractivity contribution in [3.8, 4) is 22.5 Å². The fourth-order valence-corrected chi connectivity index (χ4v) is 4.38. The van der Waals surface area contributed by atoms with Gasteiger partial charge in [-0.15, -0.1) is 0 Å². The number of hydrogen-bond donors (Lipinski definition) is 3. The van der Waals surface area contributed by atoms with Gasteiger partial charge in [-0.25, -0.2) is 9.97 Å². The summed E-state index contributed by atoms with van der Waals surface area (Å²) >= 11 is 0. The van der Waals surface area contributed by atoms with E-state index in [1.54, 1.807) is 0 Å². The molecule has 3 N–H and O–H groups in total. The summed E-state index contributed by atoms with van der Waals surface area (Å²) in [6.07, 6.45) is 7.69. The fraction of sp³-hybridized carbons (Fsp3) is 0.217. The predicted octanol–water partition coefficient (Wildman–Crippen LogP) is 4.03. The predicted molar refractivity (Wildman–Crippen MR) is 117 cm³/mol. The van der Waals surface area contributed by atoms with Crippen LogP contribution in [0.5, 0.6) is 0 Å². The Bertz CT molecular complexity index is 1330. The lowest BCUT2D eigenvalue weighted by molar-refractivity contribution is 0.454. The standard InChI is InChI=1S/C23H21N7/c1-2-19-21(27-18(1)15-5-10-25-11-6-15)22(30-29-19)20-13-17-16(7-12-26-23(17)28-20)14-3-8-24-9-4-14/h1-4,7-9,12-13,15,25H,5-6,10-11H2,(H,26,28)(H,29,30). The second-order valence-corrected chi connectivity index (χ2v) is 7.77. The molecule has 0 aromatic carbocycles. The molecule has 0 radical (unpaired) electrons. The lowest BCUT2D eigenvalue weighted by Gasteiger charge is -2.22. The molecule has 0 amide bonds. The first-order valence-corrected chi connectivity index (χ1v) is 10.3. The number of pyridine rings is 3. The molecule has 0 unspecified atom stereocenters. The van der Waals surface area contributed by atoms with Crippen molar-refractivity contribution in [3.05, 3.63) is 60.7 Å². The highest BCUT2D eigenvalue weighted by Crippen LogP contribution is 2.33. The number of aromatic amines is 2. The third kappa shape index (κ3) is 2.86. The van der Waals surface area contributed by atoms with Crippen molar-refractivity contribution in [1.82, 2.24) is 35.5 Å². The van der Waals surface area contributed by atoms with E-state index in [0.29, 0.717) is 5.92 Å². The quantitative estimate of drug-likeness (QED) is 0.429. The monoisotopic (exact) mass is 395 g/mol. The van der Waals surface area contributed by atoms with Gasteiger partial charge in [0.2, 0.25) is 0 Å². The largest absolute Gasteiger partial charge is 0.338 e. The van der Waals surface area contributed by atoms with Crippen LogP contribution in [0.15, 0.2) is 55.0 Å². The van der Waals surface area contributed by atoms with Gasteiger partial charge in [0.05, 0.1) is 11.2 Å². The van der Waals surface area contributed by atoms with Gasteiger partial charge in [-0.3, -0.25) is 10.1 Å². The third-order valence-corrected chi connectivity index (χ3v) is 5.96. The summed E-state index contributed by atoms with van der Waals surface area (Å²) < 4.78 is 0. The van der Waals surface area contributed by atoms with Crippen molar-refractivity contribution >= 4 is 22.1 Å². The lowest BCUT2D eigenvalue weighted by Crippen LogP contribution is -2.27. The molecule has 1 fully saturated rings. The fourth-order valence-electron chi connectivity index (χ4n) is 4.38. The second kappa shape index (κ2) is 7.03. The normalized spacial score (nSPS) is 15.2. The number of nitrogens with zero attached hydrogens (tertiary/aromatic N) is 4. The molecule has 30 heavy (non-hydrogen) atoms. The van der Waals surface area contributed by atoms with Gasteiger partial charge < -0.3 is 10.3 Å². The average Bonchev–Trinajstić information content (AvgIpc) is 3.43. The van der Waals surface area contributed by atoms with Gasteiger partial charge in [-0.05, 0) is 73.5 Å². The van der Waals surface area contributed by atoms with Crippen LogP contribution in [-0.2, 0) is 0 Å². The van der Waals surface area contributed by atoms with E-state index in [0.717, 1.165) is 76.2 Å². The Balaban J connectivity index is 1.47. The van der Waals surface area contributed by atoms with E-state index < -0.39 is 0 Å². The Kier molecular flexibility index (Phi) is 4.06. The molecular formula is C23H21N7. The minimum Gasteiger partial charge on any atom is -0.338 e. The maximum Gasteiger partial charge on any atom is 0.138 e. The van der Waals surface area contributed by atoms with Gasteiger partial charge in [-0.2, -0.15) is 5.10 Å². The SMILES string of the molecule is c1cc(-c2ccnc3[nH]c(-c4n[nH]c5ccc(C6CCNCC6)nc45)cc23)ccn1. The second-order valence-electron chi connectivity index (χ2n) is 7.77. The number of piperidine rings is 1. The van der Waals surface area contributed by atoms with Gasteiger partial charge in [0.15, 0.2) is 0 Å². The molecule has 6 rings (SSSR count). The number of fused-ring (bicyclic) bond motifs is 2. The Hall–Kier alpha value is -3.58. The van der Waals surface area contributed by atoms with Crippen LogP contribution in [0.3, 0.4) is 0 Å². The molecule has 0 atom stereocenters. The van der Waals surface area contributed by atoms with Gasteiger partial charge in [0.1, 0.15) is 16.9 Å². The van der Waals surface area contributed by atoms with Gasteiger partial charge in [0.25, 0.3) is 0 Å². The molecule has 0 bridgehead atoms. The summed E-state index contributed by atoms with van der Waals surface area (Å²) in [7, 11) is 0. The smallest absolute Gasteiger partial charge is 0.138 e. The zero-order valence-electron chi connectivity index (χ0n) is 16.4. The molecule has 1 aliphatic rings. The van der Waals surface area contributed by atoms with Crippen molar-refractivity contribution in [1.29, 1.82) is 0 Å². The topological polar surface area (TPSA) is 95.2 Å². The van der Waals surface area contributed by atoms with Crippen LogP contribution < -0.4 is 5.32 Å². The Morgan fingerprint density at radius 1 is 0.933 bits per heavy atom. The molecule has 7 heteroatoms. The zero-order chi connectivity index (χ0) is 19.9. The van der Waals surface area contributed by atoms with Crippen LogP contribution in [0.1, 0.15) is 24.5 Å². The first kappa shape index (κ1) is 17.3. The number of rotatable bonds is 3. The highest BCUT2D eigenvalue weighted by molar-refractivity contribution is 5.98. The highest BCUT2D eigenvalue weighted by atomic mass is 15.1. The first-order valence-electron chi connectivity index (χ1n) is 10.3. The van der Waals surface area contributed by atoms with E-state index >= 15 is 0 Å². The maximum absolute atomic E-state index is 5.02. The Morgan fingerprint density at radius 2 is 1.80 bits per heavy atom. The van der Waals surface area contributed by atoms with Gasteiger partial charge in [0, 0.05) is 35.6 Å². The Morgan fingerprint density at radius 3 is 2.67 bits per heavy atom. The number of H-pyrrole nitrogens is 2. The molecule has 5 aromatic rings. The number of aromatic nitrogens is 6. The van der Waals surface area contributed by atoms with E-state index in [4.69, 9.17) is 4.98 Å². The molecule has 5 aromatic heterocycles. The van der Waals surface area contributed by atoms with Gasteiger partial charge >= 0.3 is 0 Å². The number of hydrogen-bond acceptors (Lipinski definition) is 5. The molecular weight excluding hydrogens is 374 g/mol. The third-order valence-electron chi connectivity index (χ3n) is 5.96. The molecule has 1 aliphatic heterocycles. The molecule has 6 heterocycles. The van der Waals surface area contributed by atoms with Crippen molar-refractivity contribution in [2.24, 2.45) is 0 Å². The van der Waals surface area contributed by atoms with E-state index in [2.05, 4.69) is 48.7 Å². The van der Waals surface area contributed by atoms with Gasteiger partial charge in [-0.1, -0.05) is 0 Å². The van der Waals surface area contributed by atoms with Crippen molar-refractivity contribution in [2.45, 2.75) is 18.8 Å².